The first-order valence-corrected chi connectivity index (χ1v) is 6.06. The topological polar surface area (TPSA) is 54.0 Å². The average Bonchev–Trinajstić information content (AvgIpc) is 3.15. The molecule has 0 saturated carbocycles. The van der Waals surface area contributed by atoms with Gasteiger partial charge in [0.05, 0.1) is 0 Å². The normalized spacial score (nSPS) is 13.4. The summed E-state index contributed by atoms with van der Waals surface area (Å²) < 4.78 is 20.3. The first-order valence-electron chi connectivity index (χ1n) is 6.06. The molecule has 2 aromatic carbocycles. The molecule has 2 aliphatic rings. The SMILES string of the molecule is O=Cc1ccc2c(c1)OCO2.c1ccc2c(c1)OCO2. The Bertz CT molecular complexity index is 600. The molecular formula is C15H12O5. The highest BCUT2D eigenvalue weighted by molar-refractivity contribution is 5.76. The standard InChI is InChI=1S/C8H6O3.C7H6O2/c9-4-6-1-2-7-8(3-6)11-5-10-7;1-2-4-7-6(3-1)8-5-9-7/h1-4H,5H2;1-4H,5H2. The Kier molecular flexibility index (Phi) is 3.41. The Morgan fingerprint density at radius 3 is 1.90 bits per heavy atom. The van der Waals surface area contributed by atoms with Crippen LogP contribution in [0.15, 0.2) is 42.5 Å². The summed E-state index contributed by atoms with van der Waals surface area (Å²) in [6, 6.07) is 12.7. The average molecular weight is 272 g/mol. The second kappa shape index (κ2) is 5.52. The van der Waals surface area contributed by atoms with Crippen LogP contribution >= 0.6 is 0 Å². The van der Waals surface area contributed by atoms with Gasteiger partial charge in [0.15, 0.2) is 23.0 Å². The first kappa shape index (κ1) is 12.3. The molecule has 0 radical (unpaired) electrons. The van der Waals surface area contributed by atoms with Gasteiger partial charge < -0.3 is 18.9 Å². The van der Waals surface area contributed by atoms with Gasteiger partial charge >= 0.3 is 0 Å². The van der Waals surface area contributed by atoms with E-state index in [-0.39, 0.29) is 6.79 Å². The van der Waals surface area contributed by atoms with E-state index >= 15 is 0 Å². The molecule has 0 bridgehead atoms. The van der Waals surface area contributed by atoms with Crippen LogP contribution in [0.3, 0.4) is 0 Å². The van der Waals surface area contributed by atoms with E-state index in [1.54, 1.807) is 18.2 Å². The number of carbonyl (C=O) groups is 1. The smallest absolute Gasteiger partial charge is 0.231 e. The van der Waals surface area contributed by atoms with E-state index in [1.165, 1.54) is 0 Å². The number of hydrogen-bond acceptors (Lipinski definition) is 5. The quantitative estimate of drug-likeness (QED) is 0.747. The van der Waals surface area contributed by atoms with Crippen LogP contribution in [0.2, 0.25) is 0 Å². The summed E-state index contributed by atoms with van der Waals surface area (Å²) in [7, 11) is 0. The lowest BCUT2D eigenvalue weighted by Gasteiger charge is -1.94. The molecule has 0 spiro atoms. The zero-order chi connectivity index (χ0) is 13.8. The molecule has 0 unspecified atom stereocenters. The third-order valence-corrected chi connectivity index (χ3v) is 2.81. The second-order valence-corrected chi connectivity index (χ2v) is 4.08. The largest absolute Gasteiger partial charge is 0.454 e. The maximum atomic E-state index is 10.3. The lowest BCUT2D eigenvalue weighted by molar-refractivity contribution is 0.112. The van der Waals surface area contributed by atoms with Crippen molar-refractivity contribution in [2.75, 3.05) is 13.6 Å². The second-order valence-electron chi connectivity index (χ2n) is 4.08. The van der Waals surface area contributed by atoms with Crippen LogP contribution in [-0.2, 0) is 0 Å². The van der Waals surface area contributed by atoms with Crippen molar-refractivity contribution in [1.29, 1.82) is 0 Å². The minimum absolute atomic E-state index is 0.248. The number of carbonyl (C=O) groups excluding carboxylic acids is 1. The van der Waals surface area contributed by atoms with Crippen LogP contribution in [0.25, 0.3) is 0 Å². The Morgan fingerprint density at radius 1 is 0.750 bits per heavy atom. The lowest BCUT2D eigenvalue weighted by Crippen LogP contribution is -1.92. The Balaban J connectivity index is 0.000000123. The van der Waals surface area contributed by atoms with Crippen LogP contribution in [0.1, 0.15) is 10.4 Å². The number of fused-ring (bicyclic) bond motifs is 2. The van der Waals surface area contributed by atoms with E-state index in [2.05, 4.69) is 0 Å². The molecule has 0 atom stereocenters. The highest BCUT2D eigenvalue weighted by atomic mass is 16.7. The van der Waals surface area contributed by atoms with Crippen LogP contribution in [0, 0.1) is 0 Å². The van der Waals surface area contributed by atoms with Crippen LogP contribution in [-0.4, -0.2) is 19.9 Å². The summed E-state index contributed by atoms with van der Waals surface area (Å²) in [4.78, 5) is 10.3. The molecule has 5 heteroatoms. The summed E-state index contributed by atoms with van der Waals surface area (Å²) >= 11 is 0. The molecule has 2 aromatic rings. The fourth-order valence-electron chi connectivity index (χ4n) is 1.83. The van der Waals surface area contributed by atoms with Gasteiger partial charge in [-0.2, -0.15) is 0 Å². The van der Waals surface area contributed by atoms with Crippen LogP contribution in [0.4, 0.5) is 0 Å². The number of aldehydes is 1. The number of para-hydroxylation sites is 2. The summed E-state index contributed by atoms with van der Waals surface area (Å²) in [6.07, 6.45) is 0.780. The van der Waals surface area contributed by atoms with Gasteiger partial charge in [-0.1, -0.05) is 12.1 Å². The van der Waals surface area contributed by atoms with Gasteiger partial charge in [-0.25, -0.2) is 0 Å². The van der Waals surface area contributed by atoms with E-state index in [1.807, 2.05) is 24.3 Å². The van der Waals surface area contributed by atoms with Crippen molar-refractivity contribution < 1.29 is 23.7 Å². The van der Waals surface area contributed by atoms with Crippen molar-refractivity contribution in [2.24, 2.45) is 0 Å². The van der Waals surface area contributed by atoms with Crippen LogP contribution in [0.5, 0.6) is 23.0 Å². The molecule has 2 heterocycles. The molecule has 0 amide bonds. The molecule has 5 nitrogen and oxygen atoms in total. The molecule has 102 valence electrons. The predicted molar refractivity (Wildman–Crippen MR) is 70.5 cm³/mol. The molecule has 0 aromatic heterocycles. The maximum Gasteiger partial charge on any atom is 0.231 e. The van der Waals surface area contributed by atoms with Crippen molar-refractivity contribution in [2.45, 2.75) is 0 Å². The van der Waals surface area contributed by atoms with Crippen molar-refractivity contribution >= 4 is 6.29 Å². The van der Waals surface area contributed by atoms with Gasteiger partial charge in [0.2, 0.25) is 13.6 Å². The van der Waals surface area contributed by atoms with E-state index in [4.69, 9.17) is 18.9 Å². The third kappa shape index (κ3) is 2.51. The summed E-state index contributed by atoms with van der Waals surface area (Å²) in [5.74, 6) is 3.04. The Labute approximate surface area is 115 Å². The summed E-state index contributed by atoms with van der Waals surface area (Å²) in [6.45, 7) is 0.608. The van der Waals surface area contributed by atoms with Gasteiger partial charge in [0.25, 0.3) is 0 Å². The minimum atomic E-state index is 0.248. The lowest BCUT2D eigenvalue weighted by atomic mass is 10.2. The number of ether oxygens (including phenoxy) is 4. The van der Waals surface area contributed by atoms with Gasteiger partial charge in [0, 0.05) is 5.56 Å². The monoisotopic (exact) mass is 272 g/mol. The van der Waals surface area contributed by atoms with Crippen molar-refractivity contribution in [1.82, 2.24) is 0 Å². The van der Waals surface area contributed by atoms with Crippen LogP contribution < -0.4 is 18.9 Å². The van der Waals surface area contributed by atoms with E-state index in [9.17, 15) is 4.79 Å². The fourth-order valence-corrected chi connectivity index (χ4v) is 1.83. The fraction of sp³-hybridized carbons (Fsp3) is 0.133. The molecule has 4 rings (SSSR count). The molecule has 0 saturated heterocycles. The molecule has 0 fully saturated rings. The van der Waals surface area contributed by atoms with Gasteiger partial charge in [-0.05, 0) is 30.3 Å². The number of hydrogen-bond donors (Lipinski definition) is 0. The van der Waals surface area contributed by atoms with Gasteiger partial charge in [-0.3, -0.25) is 4.79 Å². The predicted octanol–water partition coefficient (Wildman–Crippen LogP) is 2.64. The number of benzene rings is 2. The van der Waals surface area contributed by atoms with E-state index < -0.39 is 0 Å². The molecule has 20 heavy (non-hydrogen) atoms. The third-order valence-electron chi connectivity index (χ3n) is 2.81. The van der Waals surface area contributed by atoms with Crippen molar-refractivity contribution in [3.8, 4) is 23.0 Å². The van der Waals surface area contributed by atoms with Gasteiger partial charge in [0.1, 0.15) is 6.29 Å². The summed E-state index contributed by atoms with van der Waals surface area (Å²) in [5, 5.41) is 0. The Morgan fingerprint density at radius 2 is 1.30 bits per heavy atom. The zero-order valence-corrected chi connectivity index (χ0v) is 10.6. The molecular weight excluding hydrogens is 260 g/mol. The highest BCUT2D eigenvalue weighted by Gasteiger charge is 2.12. The highest BCUT2D eigenvalue weighted by Crippen LogP contribution is 2.32. The summed E-state index contributed by atoms with van der Waals surface area (Å²) in [5.41, 5.74) is 0.606. The zero-order valence-electron chi connectivity index (χ0n) is 10.6. The van der Waals surface area contributed by atoms with E-state index in [0.717, 1.165) is 17.8 Å². The van der Waals surface area contributed by atoms with Crippen molar-refractivity contribution in [3.05, 3.63) is 48.0 Å². The maximum absolute atomic E-state index is 10.3. The molecule has 0 N–H and O–H groups in total. The minimum Gasteiger partial charge on any atom is -0.454 e. The molecule has 0 aliphatic carbocycles. The molecule has 2 aliphatic heterocycles. The van der Waals surface area contributed by atoms with E-state index in [0.29, 0.717) is 23.9 Å². The number of rotatable bonds is 1. The van der Waals surface area contributed by atoms with Crippen molar-refractivity contribution in [3.63, 3.8) is 0 Å². The first-order chi connectivity index (χ1) is 9.86. The Hall–Kier alpha value is -2.69. The van der Waals surface area contributed by atoms with Gasteiger partial charge in [-0.15, -0.1) is 0 Å².